The number of halogens is 1. The molecule has 0 aliphatic heterocycles. The average molecular weight is 430 g/mol. The van der Waals surface area contributed by atoms with Crippen LogP contribution in [0.2, 0.25) is 5.02 Å². The van der Waals surface area contributed by atoms with Crippen LogP contribution in [0.1, 0.15) is 27.5 Å². The Morgan fingerprint density at radius 2 is 1.59 bits per heavy atom. The molecule has 0 heterocycles. The molecule has 0 aromatic heterocycles. The monoisotopic (exact) mass is 429 g/mol. The lowest BCUT2D eigenvalue weighted by Gasteiger charge is -2.20. The van der Waals surface area contributed by atoms with E-state index in [1.807, 2.05) is 54.6 Å². The molecule has 7 heteroatoms. The Bertz CT molecular complexity index is 1110. The van der Waals surface area contributed by atoms with Crippen LogP contribution in [0.5, 0.6) is 5.75 Å². The Kier molecular flexibility index (Phi) is 6.25. The summed E-state index contributed by atoms with van der Waals surface area (Å²) >= 11 is 5.99. The molecule has 3 aromatic rings. The first-order valence-electron chi connectivity index (χ1n) is 8.79. The van der Waals surface area contributed by atoms with Crippen LogP contribution in [0.3, 0.4) is 0 Å². The summed E-state index contributed by atoms with van der Waals surface area (Å²) in [6, 6.07) is 20.7. The summed E-state index contributed by atoms with van der Waals surface area (Å²) in [6.07, 6.45) is 1.06. The molecule has 0 aliphatic carbocycles. The van der Waals surface area contributed by atoms with Crippen molar-refractivity contribution in [2.24, 2.45) is 0 Å². The number of benzene rings is 3. The molecule has 0 saturated carbocycles. The summed E-state index contributed by atoms with van der Waals surface area (Å²) in [6.45, 7) is 0. The molecular weight excluding hydrogens is 410 g/mol. The Morgan fingerprint density at radius 3 is 2.17 bits per heavy atom. The minimum atomic E-state index is -3.56. The first kappa shape index (κ1) is 20.9. The quantitative estimate of drug-likeness (QED) is 0.635. The van der Waals surface area contributed by atoms with Crippen LogP contribution in [-0.2, 0) is 9.84 Å². The van der Waals surface area contributed by atoms with Gasteiger partial charge in [-0.25, -0.2) is 8.42 Å². The van der Waals surface area contributed by atoms with Gasteiger partial charge in [0.2, 0.25) is 0 Å². The second-order valence-electron chi connectivity index (χ2n) is 6.51. The van der Waals surface area contributed by atoms with Crippen LogP contribution in [0, 0.1) is 0 Å². The van der Waals surface area contributed by atoms with E-state index in [9.17, 15) is 13.2 Å². The summed E-state index contributed by atoms with van der Waals surface area (Å²) in [5, 5.41) is 3.07. The second kappa shape index (κ2) is 8.68. The van der Waals surface area contributed by atoms with E-state index >= 15 is 0 Å². The fourth-order valence-corrected chi connectivity index (χ4v) is 4.25. The van der Waals surface area contributed by atoms with Crippen molar-refractivity contribution in [3.63, 3.8) is 0 Å². The van der Waals surface area contributed by atoms with Gasteiger partial charge in [0.25, 0.3) is 5.91 Å². The lowest BCUT2D eigenvalue weighted by molar-refractivity contribution is 0.0942. The molecule has 1 N–H and O–H groups in total. The van der Waals surface area contributed by atoms with Gasteiger partial charge in [0, 0.05) is 11.8 Å². The van der Waals surface area contributed by atoms with Gasteiger partial charge in [-0.15, -0.1) is 0 Å². The second-order valence-corrected chi connectivity index (χ2v) is 8.90. The van der Waals surface area contributed by atoms with Crippen molar-refractivity contribution in [3.8, 4) is 5.75 Å². The van der Waals surface area contributed by atoms with E-state index in [2.05, 4.69) is 5.32 Å². The zero-order chi connectivity index (χ0) is 21.0. The number of carbonyl (C=O) groups is 1. The predicted molar refractivity (Wildman–Crippen MR) is 113 cm³/mol. The van der Waals surface area contributed by atoms with Gasteiger partial charge in [-0.2, -0.15) is 0 Å². The first-order chi connectivity index (χ1) is 13.8. The number of ether oxygens (including phenoxy) is 1. The molecule has 0 bridgehead atoms. The third kappa shape index (κ3) is 4.96. The van der Waals surface area contributed by atoms with Gasteiger partial charge < -0.3 is 10.1 Å². The molecule has 3 aromatic carbocycles. The molecule has 150 valence electrons. The maximum atomic E-state index is 12.9. The number of hydrogen-bond acceptors (Lipinski definition) is 4. The third-order valence-electron chi connectivity index (χ3n) is 4.45. The highest BCUT2D eigenvalue weighted by Gasteiger charge is 2.20. The molecule has 0 saturated heterocycles. The number of methoxy groups -OCH3 is 1. The molecule has 0 radical (unpaired) electrons. The third-order valence-corrected chi connectivity index (χ3v) is 6.03. The standard InChI is InChI=1S/C22H20ClNO4S/c1-28-18-11-8-16(9-12-18)21(15-6-4-3-5-7-15)24-22(25)17-10-13-19(23)20(14-17)29(2,26)27/h3-14,21H,1-2H3,(H,24,25). The van der Waals surface area contributed by atoms with Crippen molar-refractivity contribution in [2.45, 2.75) is 10.9 Å². The largest absolute Gasteiger partial charge is 0.497 e. The van der Waals surface area contributed by atoms with E-state index in [-0.39, 0.29) is 15.5 Å². The van der Waals surface area contributed by atoms with Gasteiger partial charge in [-0.05, 0) is 41.5 Å². The first-order valence-corrected chi connectivity index (χ1v) is 11.1. The van der Waals surface area contributed by atoms with Crippen molar-refractivity contribution < 1.29 is 17.9 Å². The maximum Gasteiger partial charge on any atom is 0.252 e. The smallest absolute Gasteiger partial charge is 0.252 e. The van der Waals surface area contributed by atoms with Gasteiger partial charge in [0.15, 0.2) is 9.84 Å². The molecular formula is C22H20ClNO4S. The molecule has 1 unspecified atom stereocenters. The van der Waals surface area contributed by atoms with Gasteiger partial charge in [0.05, 0.1) is 23.1 Å². The fraction of sp³-hybridized carbons (Fsp3) is 0.136. The highest BCUT2D eigenvalue weighted by Crippen LogP contribution is 2.26. The zero-order valence-corrected chi connectivity index (χ0v) is 17.5. The highest BCUT2D eigenvalue weighted by atomic mass is 35.5. The fourth-order valence-electron chi connectivity index (χ4n) is 2.94. The lowest BCUT2D eigenvalue weighted by Crippen LogP contribution is -2.29. The number of rotatable bonds is 6. The van der Waals surface area contributed by atoms with Crippen LogP contribution in [0.4, 0.5) is 0 Å². The van der Waals surface area contributed by atoms with Crippen LogP contribution in [-0.4, -0.2) is 27.7 Å². The number of hydrogen-bond donors (Lipinski definition) is 1. The Balaban J connectivity index is 1.97. The number of nitrogens with one attached hydrogen (secondary N) is 1. The van der Waals surface area contributed by atoms with Crippen molar-refractivity contribution in [1.82, 2.24) is 5.32 Å². The van der Waals surface area contributed by atoms with E-state index in [4.69, 9.17) is 16.3 Å². The molecule has 1 amide bonds. The number of amides is 1. The van der Waals surface area contributed by atoms with E-state index in [0.29, 0.717) is 5.75 Å². The predicted octanol–water partition coefficient (Wildman–Crippen LogP) is 4.27. The normalized spacial score (nSPS) is 12.2. The highest BCUT2D eigenvalue weighted by molar-refractivity contribution is 7.90. The van der Waals surface area contributed by atoms with Crippen molar-refractivity contribution in [3.05, 3.63) is 94.5 Å². The molecule has 1 atom stereocenters. The topological polar surface area (TPSA) is 72.5 Å². The molecule has 0 spiro atoms. The summed E-state index contributed by atoms with van der Waals surface area (Å²) in [5.41, 5.74) is 1.97. The van der Waals surface area contributed by atoms with Crippen molar-refractivity contribution in [2.75, 3.05) is 13.4 Å². The van der Waals surface area contributed by atoms with E-state index in [1.165, 1.54) is 18.2 Å². The minimum absolute atomic E-state index is 0.0764. The Hall–Kier alpha value is -2.83. The SMILES string of the molecule is COc1ccc(C(NC(=O)c2ccc(Cl)c(S(C)(=O)=O)c2)c2ccccc2)cc1. The summed E-state index contributed by atoms with van der Waals surface area (Å²) in [7, 11) is -1.97. The molecule has 3 rings (SSSR count). The van der Waals surface area contributed by atoms with Gasteiger partial charge in [0.1, 0.15) is 5.75 Å². The zero-order valence-electron chi connectivity index (χ0n) is 15.9. The summed E-state index contributed by atoms with van der Waals surface area (Å²) in [5.74, 6) is 0.304. The molecule has 29 heavy (non-hydrogen) atoms. The van der Waals surface area contributed by atoms with Crippen LogP contribution in [0.25, 0.3) is 0 Å². The molecule has 5 nitrogen and oxygen atoms in total. The van der Waals surface area contributed by atoms with Crippen LogP contribution >= 0.6 is 11.6 Å². The van der Waals surface area contributed by atoms with Crippen molar-refractivity contribution in [1.29, 1.82) is 0 Å². The summed E-state index contributed by atoms with van der Waals surface area (Å²) in [4.78, 5) is 12.9. The van der Waals surface area contributed by atoms with E-state index in [1.54, 1.807) is 7.11 Å². The Labute approximate surface area is 175 Å². The van der Waals surface area contributed by atoms with Crippen LogP contribution < -0.4 is 10.1 Å². The minimum Gasteiger partial charge on any atom is -0.497 e. The molecule has 0 fully saturated rings. The van der Waals surface area contributed by atoms with E-state index in [0.717, 1.165) is 17.4 Å². The van der Waals surface area contributed by atoms with Crippen molar-refractivity contribution >= 4 is 27.3 Å². The average Bonchev–Trinajstić information content (AvgIpc) is 2.72. The summed E-state index contributed by atoms with van der Waals surface area (Å²) < 4.78 is 29.1. The maximum absolute atomic E-state index is 12.9. The van der Waals surface area contributed by atoms with Crippen LogP contribution in [0.15, 0.2) is 77.7 Å². The number of carbonyl (C=O) groups excluding carboxylic acids is 1. The Morgan fingerprint density at radius 1 is 0.966 bits per heavy atom. The lowest BCUT2D eigenvalue weighted by atomic mass is 9.98. The van der Waals surface area contributed by atoms with Gasteiger partial charge in [-0.3, -0.25) is 4.79 Å². The number of sulfone groups is 1. The van der Waals surface area contributed by atoms with Gasteiger partial charge in [-0.1, -0.05) is 54.1 Å². The van der Waals surface area contributed by atoms with Gasteiger partial charge >= 0.3 is 0 Å². The van der Waals surface area contributed by atoms with E-state index < -0.39 is 21.8 Å². The molecule has 0 aliphatic rings.